The maximum absolute atomic E-state index is 11.0. The highest BCUT2D eigenvalue weighted by atomic mass is 16.5. The van der Waals surface area contributed by atoms with Crippen LogP contribution in [-0.2, 0) is 6.61 Å². The van der Waals surface area contributed by atoms with Gasteiger partial charge in [0, 0.05) is 6.20 Å². The van der Waals surface area contributed by atoms with E-state index >= 15 is 0 Å². The number of carbonyl (C=O) groups excluding carboxylic acids is 1. The van der Waals surface area contributed by atoms with Crippen LogP contribution in [0.2, 0.25) is 0 Å². The van der Waals surface area contributed by atoms with Crippen LogP contribution in [0.5, 0.6) is 0 Å². The van der Waals surface area contributed by atoms with Crippen molar-refractivity contribution in [3.05, 3.63) is 23.8 Å². The van der Waals surface area contributed by atoms with Gasteiger partial charge in [-0.15, -0.1) is 5.10 Å². The number of rotatable bonds is 2. The lowest BCUT2D eigenvalue weighted by atomic mass is 10.4. The number of hydrogen-bond donors (Lipinski definition) is 3. The third-order valence-electron chi connectivity index (χ3n) is 1.73. The summed E-state index contributed by atoms with van der Waals surface area (Å²) in [5.74, 6) is -0.338. The van der Waals surface area contributed by atoms with E-state index in [2.05, 4.69) is 15.1 Å². The first-order chi connectivity index (χ1) is 7.24. The molecule has 0 saturated carbocycles. The Morgan fingerprint density at radius 1 is 1.53 bits per heavy atom. The van der Waals surface area contributed by atoms with Crippen LogP contribution in [-0.4, -0.2) is 35.8 Å². The number of nitrogens with zero attached hydrogens (tertiary/aromatic N) is 4. The molecule has 8 nitrogen and oxygen atoms in total. The van der Waals surface area contributed by atoms with E-state index in [1.165, 1.54) is 22.3 Å². The molecule has 8 heteroatoms. The van der Waals surface area contributed by atoms with Crippen LogP contribution in [0, 0.1) is 0 Å². The van der Waals surface area contributed by atoms with E-state index < -0.39 is 5.91 Å². The Morgan fingerprint density at radius 2 is 2.33 bits per heavy atom. The number of hydroxylamine groups is 1. The molecule has 0 aliphatic heterocycles. The minimum absolute atomic E-state index is 0.0156. The molecule has 0 atom stereocenters. The molecule has 2 aromatic heterocycles. The number of aromatic nitrogens is 4. The topological polar surface area (TPSA) is 113 Å². The Balaban J connectivity index is 2.50. The monoisotopic (exact) mass is 209 g/mol. The van der Waals surface area contributed by atoms with Crippen molar-refractivity contribution in [3.63, 3.8) is 0 Å². The number of fused-ring (bicyclic) bond motifs is 1. The SMILES string of the molecule is O=C(NO)c1ccn2nc(CO)nc2n1. The fourth-order valence-corrected chi connectivity index (χ4v) is 1.07. The fourth-order valence-electron chi connectivity index (χ4n) is 1.07. The molecule has 2 aromatic rings. The van der Waals surface area contributed by atoms with Crippen molar-refractivity contribution >= 4 is 11.7 Å². The Hall–Kier alpha value is -2.06. The van der Waals surface area contributed by atoms with Crippen LogP contribution < -0.4 is 5.48 Å². The molecule has 0 fully saturated rings. The lowest BCUT2D eigenvalue weighted by Gasteiger charge is -1.96. The minimum atomic E-state index is -0.731. The van der Waals surface area contributed by atoms with Gasteiger partial charge in [-0.3, -0.25) is 10.0 Å². The van der Waals surface area contributed by atoms with Crippen molar-refractivity contribution in [3.8, 4) is 0 Å². The van der Waals surface area contributed by atoms with E-state index in [-0.39, 0.29) is 23.9 Å². The lowest BCUT2D eigenvalue weighted by Crippen LogP contribution is -2.20. The number of amides is 1. The second-order valence-corrected chi connectivity index (χ2v) is 2.68. The summed E-state index contributed by atoms with van der Waals surface area (Å²) in [5.41, 5.74) is 1.47. The summed E-state index contributed by atoms with van der Waals surface area (Å²) in [6.45, 7) is -0.301. The summed E-state index contributed by atoms with van der Waals surface area (Å²) in [7, 11) is 0. The van der Waals surface area contributed by atoms with Gasteiger partial charge < -0.3 is 5.11 Å². The van der Waals surface area contributed by atoms with Gasteiger partial charge in [-0.1, -0.05) is 0 Å². The molecule has 78 valence electrons. The molecule has 1 amide bonds. The second-order valence-electron chi connectivity index (χ2n) is 2.68. The molecule has 2 rings (SSSR count). The van der Waals surface area contributed by atoms with Gasteiger partial charge in [-0.25, -0.2) is 15.0 Å². The third kappa shape index (κ3) is 1.63. The van der Waals surface area contributed by atoms with Gasteiger partial charge in [0.05, 0.1) is 0 Å². The van der Waals surface area contributed by atoms with Crippen molar-refractivity contribution in [1.82, 2.24) is 25.1 Å². The van der Waals surface area contributed by atoms with Crippen molar-refractivity contribution in [2.45, 2.75) is 6.61 Å². The summed E-state index contributed by atoms with van der Waals surface area (Å²) in [4.78, 5) is 18.7. The molecule has 0 aliphatic rings. The predicted octanol–water partition coefficient (Wildman–Crippen LogP) is -1.26. The highest BCUT2D eigenvalue weighted by Crippen LogP contribution is 2.00. The maximum atomic E-state index is 11.0. The molecular weight excluding hydrogens is 202 g/mol. The van der Waals surface area contributed by atoms with E-state index in [1.807, 2.05) is 0 Å². The normalized spacial score (nSPS) is 10.5. The van der Waals surface area contributed by atoms with Crippen LogP contribution in [0.1, 0.15) is 16.3 Å². The van der Waals surface area contributed by atoms with E-state index in [0.717, 1.165) is 0 Å². The molecule has 0 radical (unpaired) electrons. The Bertz CT molecular complexity index is 508. The number of nitrogens with one attached hydrogen (secondary N) is 1. The first-order valence-electron chi connectivity index (χ1n) is 4.02. The average molecular weight is 209 g/mol. The largest absolute Gasteiger partial charge is 0.388 e. The molecule has 0 aliphatic carbocycles. The Morgan fingerprint density at radius 3 is 3.00 bits per heavy atom. The van der Waals surface area contributed by atoms with Gasteiger partial charge >= 0.3 is 0 Å². The quantitative estimate of drug-likeness (QED) is 0.420. The zero-order valence-corrected chi connectivity index (χ0v) is 7.45. The van der Waals surface area contributed by atoms with Crippen LogP contribution in [0.15, 0.2) is 12.3 Å². The van der Waals surface area contributed by atoms with Gasteiger partial charge in [-0.2, -0.15) is 4.98 Å². The van der Waals surface area contributed by atoms with Crippen LogP contribution in [0.3, 0.4) is 0 Å². The average Bonchev–Trinajstić information content (AvgIpc) is 2.69. The summed E-state index contributed by atoms with van der Waals surface area (Å²) in [5, 5.41) is 21.0. The highest BCUT2D eigenvalue weighted by Gasteiger charge is 2.09. The van der Waals surface area contributed by atoms with Gasteiger partial charge in [-0.05, 0) is 6.07 Å². The van der Waals surface area contributed by atoms with Gasteiger partial charge in [0.1, 0.15) is 12.3 Å². The van der Waals surface area contributed by atoms with Crippen LogP contribution >= 0.6 is 0 Å². The molecule has 0 aromatic carbocycles. The van der Waals surface area contributed by atoms with E-state index in [0.29, 0.717) is 0 Å². The lowest BCUT2D eigenvalue weighted by molar-refractivity contribution is 0.0701. The zero-order chi connectivity index (χ0) is 10.8. The van der Waals surface area contributed by atoms with Crippen molar-refractivity contribution in [2.75, 3.05) is 0 Å². The van der Waals surface area contributed by atoms with Crippen molar-refractivity contribution in [2.24, 2.45) is 0 Å². The molecule has 15 heavy (non-hydrogen) atoms. The van der Waals surface area contributed by atoms with Gasteiger partial charge in [0.15, 0.2) is 5.82 Å². The molecule has 0 spiro atoms. The molecule has 0 bridgehead atoms. The number of aliphatic hydroxyl groups is 1. The van der Waals surface area contributed by atoms with Crippen LogP contribution in [0.4, 0.5) is 0 Å². The van der Waals surface area contributed by atoms with E-state index in [9.17, 15) is 4.79 Å². The highest BCUT2D eigenvalue weighted by molar-refractivity contribution is 5.91. The number of carbonyl (C=O) groups is 1. The molecule has 0 saturated heterocycles. The molecular formula is C7H7N5O3. The van der Waals surface area contributed by atoms with E-state index in [1.54, 1.807) is 0 Å². The molecule has 0 unspecified atom stereocenters. The van der Waals surface area contributed by atoms with E-state index in [4.69, 9.17) is 10.3 Å². The molecule has 2 heterocycles. The zero-order valence-electron chi connectivity index (χ0n) is 7.45. The predicted molar refractivity (Wildman–Crippen MR) is 46.0 cm³/mol. The smallest absolute Gasteiger partial charge is 0.293 e. The number of aliphatic hydroxyl groups excluding tert-OH is 1. The first-order valence-corrected chi connectivity index (χ1v) is 4.02. The summed E-state index contributed by atoms with van der Waals surface area (Å²) < 4.78 is 1.32. The van der Waals surface area contributed by atoms with Gasteiger partial charge in [0.25, 0.3) is 11.7 Å². The maximum Gasteiger partial charge on any atom is 0.293 e. The Kier molecular flexibility index (Phi) is 2.27. The standard InChI is InChI=1S/C7H7N5O3/c13-3-5-9-7-8-4(6(14)11-15)1-2-12(7)10-5/h1-2,13,15H,3H2,(H,11,14). The second kappa shape index (κ2) is 3.59. The summed E-state index contributed by atoms with van der Waals surface area (Å²) >= 11 is 0. The van der Waals surface area contributed by atoms with Gasteiger partial charge in [0.2, 0.25) is 0 Å². The number of hydrogen-bond acceptors (Lipinski definition) is 6. The minimum Gasteiger partial charge on any atom is -0.388 e. The van der Waals surface area contributed by atoms with Crippen molar-refractivity contribution < 1.29 is 15.1 Å². The first kappa shape index (κ1) is 9.49. The molecule has 3 N–H and O–H groups in total. The third-order valence-corrected chi connectivity index (χ3v) is 1.73. The van der Waals surface area contributed by atoms with Crippen molar-refractivity contribution in [1.29, 1.82) is 0 Å². The fraction of sp³-hybridized carbons (Fsp3) is 0.143. The summed E-state index contributed by atoms with van der Waals surface area (Å²) in [6.07, 6.45) is 1.46. The summed E-state index contributed by atoms with van der Waals surface area (Å²) in [6, 6.07) is 1.37. The van der Waals surface area contributed by atoms with Crippen LogP contribution in [0.25, 0.3) is 5.78 Å². The Labute approximate surface area is 83.2 Å².